The molecule has 0 aromatic carbocycles. The highest BCUT2D eigenvalue weighted by atomic mass is 16.5. The maximum atomic E-state index is 12.8. The van der Waals surface area contributed by atoms with Crippen molar-refractivity contribution in [1.82, 2.24) is 5.32 Å². The van der Waals surface area contributed by atoms with E-state index in [-0.39, 0.29) is 31.5 Å². The Morgan fingerprint density at radius 3 is 1.46 bits per heavy atom. The summed E-state index contributed by atoms with van der Waals surface area (Å²) < 4.78 is 10.4. The maximum absolute atomic E-state index is 12.8. The Morgan fingerprint density at radius 2 is 1.00 bits per heavy atom. The van der Waals surface area contributed by atoms with Crippen LogP contribution in [0.5, 0.6) is 0 Å². The van der Waals surface area contributed by atoms with E-state index in [2.05, 4.69) is 19.2 Å². The van der Waals surface area contributed by atoms with Crippen LogP contribution >= 0.6 is 0 Å². The zero-order valence-corrected chi connectivity index (χ0v) is 31.9. The van der Waals surface area contributed by atoms with Gasteiger partial charge in [0.2, 0.25) is 5.91 Å². The molecule has 0 spiro atoms. The van der Waals surface area contributed by atoms with Gasteiger partial charge in [0, 0.05) is 6.42 Å². The first-order valence-corrected chi connectivity index (χ1v) is 20.3. The van der Waals surface area contributed by atoms with E-state index >= 15 is 0 Å². The van der Waals surface area contributed by atoms with E-state index < -0.39 is 24.1 Å². The Labute approximate surface area is 296 Å². The highest BCUT2D eigenvalue weighted by Gasteiger charge is 2.22. The van der Waals surface area contributed by atoms with Gasteiger partial charge in [0.15, 0.2) is 0 Å². The number of rotatable bonds is 35. The molecule has 48 heavy (non-hydrogen) atoms. The number of esters is 2. The zero-order chi connectivity index (χ0) is 35.5. The molecular formula is C41H77NO6. The van der Waals surface area contributed by atoms with Gasteiger partial charge in [-0.2, -0.15) is 0 Å². The summed E-state index contributed by atoms with van der Waals surface area (Å²) in [6.07, 6.45) is 33.9. The number of ether oxygens (including phenoxy) is 2. The summed E-state index contributed by atoms with van der Waals surface area (Å²) >= 11 is 0. The van der Waals surface area contributed by atoms with E-state index in [0.717, 1.165) is 32.1 Å². The lowest BCUT2D eigenvalue weighted by Gasteiger charge is -2.22. The Morgan fingerprint density at radius 1 is 0.583 bits per heavy atom. The van der Waals surface area contributed by atoms with Gasteiger partial charge in [0.05, 0.1) is 31.1 Å². The second kappa shape index (κ2) is 35.0. The number of aliphatic hydroxyl groups is 1. The number of carbonyl (C=O) groups is 3. The van der Waals surface area contributed by atoms with E-state index in [0.29, 0.717) is 6.42 Å². The quantitative estimate of drug-likeness (QED) is 0.0393. The molecule has 2 N–H and O–H groups in total. The van der Waals surface area contributed by atoms with Crippen LogP contribution in [0.25, 0.3) is 0 Å². The predicted molar refractivity (Wildman–Crippen MR) is 200 cm³/mol. The molecule has 0 saturated heterocycles. The van der Waals surface area contributed by atoms with Crippen molar-refractivity contribution in [3.8, 4) is 0 Å². The number of hydrogen-bond acceptors (Lipinski definition) is 6. The molecule has 0 unspecified atom stereocenters. The molecule has 0 aliphatic carbocycles. The second-order valence-electron chi connectivity index (χ2n) is 14.1. The van der Waals surface area contributed by atoms with Gasteiger partial charge >= 0.3 is 11.9 Å². The van der Waals surface area contributed by atoms with Crippen LogP contribution in [-0.2, 0) is 23.9 Å². The number of amides is 1. The Bertz CT molecular complexity index is 783. The van der Waals surface area contributed by atoms with Crippen LogP contribution in [0.4, 0.5) is 0 Å². The smallest absolute Gasteiger partial charge is 0.306 e. The number of carbonyl (C=O) groups excluding carboxylic acids is 3. The SMILES string of the molecule is CCCCCCCCCCCCC/C=C/[C@@H](O)[C@H](COC(=O)CCC(=O)OC(C)C)NC(=O)CCCCCCCCCCCCCCC. The number of unbranched alkanes of at least 4 members (excludes halogenated alkanes) is 23. The molecule has 0 bridgehead atoms. The average Bonchev–Trinajstić information content (AvgIpc) is 3.05. The molecule has 0 aromatic rings. The Balaban J connectivity index is 4.43. The standard InChI is InChI=1S/C41H77NO6/c1-5-7-9-11-13-15-17-19-21-23-25-27-29-31-38(43)37(35-47-40(45)33-34-41(46)48-36(3)4)42-39(44)32-30-28-26-24-22-20-18-16-14-12-10-8-6-2/h29,31,36-38,43H,5-28,30,32-35H2,1-4H3,(H,42,44)/b31-29+/t37-,38+/m0/s1. The minimum absolute atomic E-state index is 0.0610. The molecule has 282 valence electrons. The van der Waals surface area contributed by atoms with Gasteiger partial charge in [0.1, 0.15) is 6.61 Å². The van der Waals surface area contributed by atoms with Crippen molar-refractivity contribution in [2.75, 3.05) is 6.61 Å². The highest BCUT2D eigenvalue weighted by Crippen LogP contribution is 2.14. The van der Waals surface area contributed by atoms with Crippen molar-refractivity contribution in [3.05, 3.63) is 12.2 Å². The van der Waals surface area contributed by atoms with Crippen molar-refractivity contribution in [2.24, 2.45) is 0 Å². The normalized spacial score (nSPS) is 12.8. The molecule has 2 atom stereocenters. The minimum atomic E-state index is -0.966. The van der Waals surface area contributed by atoms with Gasteiger partial charge in [-0.05, 0) is 33.1 Å². The van der Waals surface area contributed by atoms with Crippen LogP contribution in [-0.4, -0.2) is 47.8 Å². The molecule has 0 heterocycles. The van der Waals surface area contributed by atoms with Gasteiger partial charge in [-0.3, -0.25) is 14.4 Å². The summed E-state index contributed by atoms with van der Waals surface area (Å²) in [5.41, 5.74) is 0. The van der Waals surface area contributed by atoms with Crippen molar-refractivity contribution in [2.45, 2.75) is 226 Å². The van der Waals surface area contributed by atoms with Gasteiger partial charge in [-0.15, -0.1) is 0 Å². The zero-order valence-electron chi connectivity index (χ0n) is 31.9. The molecule has 7 nitrogen and oxygen atoms in total. The fourth-order valence-electron chi connectivity index (χ4n) is 5.88. The molecule has 0 aromatic heterocycles. The fourth-order valence-corrected chi connectivity index (χ4v) is 5.88. The monoisotopic (exact) mass is 680 g/mol. The third-order valence-corrected chi connectivity index (χ3v) is 8.90. The summed E-state index contributed by atoms with van der Waals surface area (Å²) in [5.74, 6) is -1.14. The molecule has 0 aliphatic heterocycles. The lowest BCUT2D eigenvalue weighted by molar-refractivity contribution is -0.153. The molecule has 0 saturated carbocycles. The summed E-state index contributed by atoms with van der Waals surface area (Å²) in [7, 11) is 0. The first kappa shape index (κ1) is 46.1. The van der Waals surface area contributed by atoms with E-state index in [1.165, 1.54) is 128 Å². The Kier molecular flexibility index (Phi) is 33.6. The van der Waals surface area contributed by atoms with E-state index in [9.17, 15) is 19.5 Å². The van der Waals surface area contributed by atoms with E-state index in [1.54, 1.807) is 19.9 Å². The predicted octanol–water partition coefficient (Wildman–Crippen LogP) is 10.8. The van der Waals surface area contributed by atoms with Gasteiger partial charge in [0.25, 0.3) is 0 Å². The molecule has 7 heteroatoms. The third kappa shape index (κ3) is 32.6. The number of hydrogen-bond donors (Lipinski definition) is 2. The summed E-state index contributed by atoms with van der Waals surface area (Å²) in [5, 5.41) is 13.8. The van der Waals surface area contributed by atoms with Crippen LogP contribution in [0.2, 0.25) is 0 Å². The fraction of sp³-hybridized carbons (Fsp3) is 0.878. The largest absolute Gasteiger partial charge is 0.463 e. The summed E-state index contributed by atoms with van der Waals surface area (Å²) in [6, 6.07) is -0.736. The lowest BCUT2D eigenvalue weighted by atomic mass is 10.0. The first-order valence-electron chi connectivity index (χ1n) is 20.3. The molecule has 0 rings (SSSR count). The first-order chi connectivity index (χ1) is 23.3. The van der Waals surface area contributed by atoms with Crippen molar-refractivity contribution < 1.29 is 29.0 Å². The van der Waals surface area contributed by atoms with Crippen molar-refractivity contribution in [1.29, 1.82) is 0 Å². The third-order valence-electron chi connectivity index (χ3n) is 8.90. The second-order valence-corrected chi connectivity index (χ2v) is 14.1. The van der Waals surface area contributed by atoms with Gasteiger partial charge in [-0.1, -0.05) is 167 Å². The van der Waals surface area contributed by atoms with Gasteiger partial charge < -0.3 is 19.9 Å². The number of nitrogens with one attached hydrogen (secondary N) is 1. The summed E-state index contributed by atoms with van der Waals surface area (Å²) in [6.45, 7) is 7.88. The number of aliphatic hydroxyl groups excluding tert-OH is 1. The van der Waals surface area contributed by atoms with E-state index in [4.69, 9.17) is 9.47 Å². The average molecular weight is 680 g/mol. The number of allylic oxidation sites excluding steroid dienone is 1. The molecule has 0 fully saturated rings. The van der Waals surface area contributed by atoms with Crippen LogP contribution in [0.1, 0.15) is 207 Å². The molecule has 1 amide bonds. The van der Waals surface area contributed by atoms with Gasteiger partial charge in [-0.25, -0.2) is 0 Å². The van der Waals surface area contributed by atoms with Crippen LogP contribution < -0.4 is 5.32 Å². The molecule has 0 aliphatic rings. The van der Waals surface area contributed by atoms with Crippen LogP contribution in [0.3, 0.4) is 0 Å². The lowest BCUT2D eigenvalue weighted by Crippen LogP contribution is -2.46. The highest BCUT2D eigenvalue weighted by molar-refractivity contribution is 5.78. The minimum Gasteiger partial charge on any atom is -0.463 e. The molecule has 0 radical (unpaired) electrons. The maximum Gasteiger partial charge on any atom is 0.306 e. The van der Waals surface area contributed by atoms with Crippen molar-refractivity contribution in [3.63, 3.8) is 0 Å². The van der Waals surface area contributed by atoms with Crippen molar-refractivity contribution >= 4 is 17.8 Å². The molecular weight excluding hydrogens is 602 g/mol. The topological polar surface area (TPSA) is 102 Å². The Hall–Kier alpha value is -1.89. The van der Waals surface area contributed by atoms with Crippen LogP contribution in [0, 0.1) is 0 Å². The summed E-state index contributed by atoms with van der Waals surface area (Å²) in [4.78, 5) is 36.8. The van der Waals surface area contributed by atoms with E-state index in [1.807, 2.05) is 6.08 Å². The van der Waals surface area contributed by atoms with Crippen LogP contribution in [0.15, 0.2) is 12.2 Å².